The SMILES string of the molecule is CCCCCC(NCC)c1cc(F)c(Cl)cc1F. The Kier molecular flexibility index (Phi) is 6.58. The lowest BCUT2D eigenvalue weighted by atomic mass is 9.99. The molecule has 1 unspecified atom stereocenters. The van der Waals surface area contributed by atoms with Gasteiger partial charge in [0.1, 0.15) is 11.6 Å². The summed E-state index contributed by atoms with van der Waals surface area (Å²) in [6.45, 7) is 4.79. The van der Waals surface area contributed by atoms with E-state index in [0.717, 1.165) is 38.3 Å². The molecular formula is C14H20ClF2N. The molecule has 0 spiro atoms. The van der Waals surface area contributed by atoms with Gasteiger partial charge in [-0.25, -0.2) is 8.78 Å². The third-order valence-corrected chi connectivity index (χ3v) is 3.25. The second-order valence-electron chi connectivity index (χ2n) is 4.39. The predicted octanol–water partition coefficient (Wildman–Crippen LogP) is 4.85. The molecule has 1 aromatic carbocycles. The van der Waals surface area contributed by atoms with Gasteiger partial charge in [-0.05, 0) is 25.1 Å². The van der Waals surface area contributed by atoms with E-state index in [4.69, 9.17) is 11.6 Å². The number of rotatable bonds is 7. The lowest BCUT2D eigenvalue weighted by molar-refractivity contribution is 0.460. The fraction of sp³-hybridized carbons (Fsp3) is 0.571. The molecule has 0 fully saturated rings. The minimum Gasteiger partial charge on any atom is -0.310 e. The molecular weight excluding hydrogens is 256 g/mol. The average molecular weight is 276 g/mol. The molecule has 4 heteroatoms. The van der Waals surface area contributed by atoms with Crippen molar-refractivity contribution in [2.24, 2.45) is 0 Å². The first kappa shape index (κ1) is 15.4. The van der Waals surface area contributed by atoms with Crippen LogP contribution in [0.1, 0.15) is 51.1 Å². The highest BCUT2D eigenvalue weighted by Gasteiger charge is 2.17. The van der Waals surface area contributed by atoms with Crippen LogP contribution in [0.25, 0.3) is 0 Å². The van der Waals surface area contributed by atoms with Gasteiger partial charge in [-0.15, -0.1) is 0 Å². The molecule has 1 rings (SSSR count). The highest BCUT2D eigenvalue weighted by molar-refractivity contribution is 6.30. The summed E-state index contributed by atoms with van der Waals surface area (Å²) in [5.41, 5.74) is 0.370. The Bertz CT molecular complexity index is 382. The molecule has 0 aliphatic heterocycles. The largest absolute Gasteiger partial charge is 0.310 e. The Hall–Kier alpha value is -0.670. The lowest BCUT2D eigenvalue weighted by Crippen LogP contribution is -2.22. The molecule has 102 valence electrons. The van der Waals surface area contributed by atoms with Gasteiger partial charge in [0.05, 0.1) is 5.02 Å². The van der Waals surface area contributed by atoms with Gasteiger partial charge in [-0.3, -0.25) is 0 Å². The zero-order valence-electron chi connectivity index (χ0n) is 10.9. The fourth-order valence-corrected chi connectivity index (χ4v) is 2.17. The van der Waals surface area contributed by atoms with E-state index < -0.39 is 11.6 Å². The average Bonchev–Trinajstić information content (AvgIpc) is 2.33. The van der Waals surface area contributed by atoms with Gasteiger partial charge < -0.3 is 5.32 Å². The van der Waals surface area contributed by atoms with Gasteiger partial charge in [0.2, 0.25) is 0 Å². The molecule has 1 aromatic rings. The summed E-state index contributed by atoms with van der Waals surface area (Å²) in [7, 11) is 0. The van der Waals surface area contributed by atoms with Gasteiger partial charge in [-0.1, -0.05) is 44.7 Å². The van der Waals surface area contributed by atoms with Crippen molar-refractivity contribution >= 4 is 11.6 Å². The highest BCUT2D eigenvalue weighted by atomic mass is 35.5. The summed E-state index contributed by atoms with van der Waals surface area (Å²) in [5, 5.41) is 3.03. The molecule has 1 atom stereocenters. The number of halogens is 3. The van der Waals surface area contributed by atoms with Crippen LogP contribution in [0.2, 0.25) is 5.02 Å². The van der Waals surface area contributed by atoms with Crippen molar-refractivity contribution in [3.8, 4) is 0 Å². The monoisotopic (exact) mass is 275 g/mol. The fourth-order valence-electron chi connectivity index (χ4n) is 2.02. The van der Waals surface area contributed by atoms with Crippen LogP contribution in [-0.2, 0) is 0 Å². The van der Waals surface area contributed by atoms with Gasteiger partial charge in [0, 0.05) is 11.6 Å². The minimum absolute atomic E-state index is 0.145. The second-order valence-corrected chi connectivity index (χ2v) is 4.80. The molecule has 18 heavy (non-hydrogen) atoms. The first-order valence-corrected chi connectivity index (χ1v) is 6.85. The molecule has 0 aliphatic rings. The minimum atomic E-state index is -0.563. The van der Waals surface area contributed by atoms with Crippen LogP contribution in [0.4, 0.5) is 8.78 Å². The Morgan fingerprint density at radius 1 is 1.17 bits per heavy atom. The van der Waals surface area contributed by atoms with Gasteiger partial charge in [-0.2, -0.15) is 0 Å². The Balaban J connectivity index is 2.87. The zero-order chi connectivity index (χ0) is 13.5. The summed E-state index contributed by atoms with van der Waals surface area (Å²) < 4.78 is 27.2. The van der Waals surface area contributed by atoms with Crippen LogP contribution >= 0.6 is 11.6 Å². The molecule has 1 nitrogen and oxygen atoms in total. The maximum absolute atomic E-state index is 13.8. The standard InChI is InChI=1S/C14H20ClF2N/c1-3-5-6-7-14(18-4-2)10-8-13(17)11(15)9-12(10)16/h8-9,14,18H,3-7H2,1-2H3. The van der Waals surface area contributed by atoms with Crippen molar-refractivity contribution in [3.05, 3.63) is 34.4 Å². The van der Waals surface area contributed by atoms with E-state index in [1.54, 1.807) is 0 Å². The van der Waals surface area contributed by atoms with Crippen LogP contribution in [0, 0.1) is 11.6 Å². The second kappa shape index (κ2) is 7.70. The molecule has 1 N–H and O–H groups in total. The number of unbranched alkanes of at least 4 members (excludes halogenated alkanes) is 2. The first-order chi connectivity index (χ1) is 8.60. The molecule has 0 saturated heterocycles. The van der Waals surface area contributed by atoms with Gasteiger partial charge in [0.15, 0.2) is 0 Å². The molecule has 0 aromatic heterocycles. The third-order valence-electron chi connectivity index (χ3n) is 2.96. The van der Waals surface area contributed by atoms with Crippen molar-refractivity contribution < 1.29 is 8.78 Å². The Labute approximate surface area is 113 Å². The van der Waals surface area contributed by atoms with E-state index in [1.165, 1.54) is 6.07 Å². The van der Waals surface area contributed by atoms with Crippen molar-refractivity contribution in [2.45, 2.75) is 45.6 Å². The molecule has 0 bridgehead atoms. The van der Waals surface area contributed by atoms with Crippen LogP contribution in [-0.4, -0.2) is 6.54 Å². The van der Waals surface area contributed by atoms with Crippen molar-refractivity contribution in [1.82, 2.24) is 5.32 Å². The molecule has 0 amide bonds. The van der Waals surface area contributed by atoms with Gasteiger partial charge >= 0.3 is 0 Å². The number of hydrogen-bond donors (Lipinski definition) is 1. The molecule has 0 saturated carbocycles. The maximum atomic E-state index is 13.8. The predicted molar refractivity (Wildman–Crippen MR) is 71.9 cm³/mol. The van der Waals surface area contributed by atoms with Crippen LogP contribution in [0.15, 0.2) is 12.1 Å². The summed E-state index contributed by atoms with van der Waals surface area (Å²) in [6.07, 6.45) is 4.01. The Morgan fingerprint density at radius 3 is 2.50 bits per heavy atom. The van der Waals surface area contributed by atoms with Crippen LogP contribution < -0.4 is 5.32 Å². The summed E-state index contributed by atoms with van der Waals surface area (Å²) in [4.78, 5) is 0. The van der Waals surface area contributed by atoms with E-state index >= 15 is 0 Å². The number of hydrogen-bond acceptors (Lipinski definition) is 1. The first-order valence-electron chi connectivity index (χ1n) is 6.48. The summed E-state index contributed by atoms with van der Waals surface area (Å²) in [5.74, 6) is -1.00. The van der Waals surface area contributed by atoms with Crippen LogP contribution in [0.3, 0.4) is 0 Å². The van der Waals surface area contributed by atoms with E-state index in [0.29, 0.717) is 5.56 Å². The lowest BCUT2D eigenvalue weighted by Gasteiger charge is -2.19. The highest BCUT2D eigenvalue weighted by Crippen LogP contribution is 2.27. The van der Waals surface area contributed by atoms with E-state index in [1.807, 2.05) is 6.92 Å². The normalized spacial score (nSPS) is 12.7. The van der Waals surface area contributed by atoms with Gasteiger partial charge in [0.25, 0.3) is 0 Å². The van der Waals surface area contributed by atoms with Crippen molar-refractivity contribution in [2.75, 3.05) is 6.54 Å². The Morgan fingerprint density at radius 2 is 1.89 bits per heavy atom. The number of nitrogens with one attached hydrogen (secondary N) is 1. The molecule has 0 heterocycles. The quantitative estimate of drug-likeness (QED) is 0.554. The molecule has 0 radical (unpaired) electrons. The maximum Gasteiger partial charge on any atom is 0.142 e. The number of benzene rings is 1. The van der Waals surface area contributed by atoms with Crippen LogP contribution in [0.5, 0.6) is 0 Å². The topological polar surface area (TPSA) is 12.0 Å². The zero-order valence-corrected chi connectivity index (χ0v) is 11.7. The van der Waals surface area contributed by atoms with E-state index in [2.05, 4.69) is 12.2 Å². The summed E-state index contributed by atoms with van der Waals surface area (Å²) >= 11 is 5.56. The third kappa shape index (κ3) is 4.21. The van der Waals surface area contributed by atoms with Crippen molar-refractivity contribution in [1.29, 1.82) is 0 Å². The van der Waals surface area contributed by atoms with E-state index in [-0.39, 0.29) is 11.1 Å². The summed E-state index contributed by atoms with van der Waals surface area (Å²) in [6, 6.07) is 2.11. The van der Waals surface area contributed by atoms with Crippen molar-refractivity contribution in [3.63, 3.8) is 0 Å². The molecule has 0 aliphatic carbocycles. The van der Waals surface area contributed by atoms with E-state index in [9.17, 15) is 8.78 Å². The smallest absolute Gasteiger partial charge is 0.142 e.